The summed E-state index contributed by atoms with van der Waals surface area (Å²) in [5.74, 6) is -0.232. The van der Waals surface area contributed by atoms with Crippen LogP contribution in [0.1, 0.15) is 5.69 Å². The first kappa shape index (κ1) is 9.30. The van der Waals surface area contributed by atoms with Gasteiger partial charge < -0.3 is 5.73 Å². The van der Waals surface area contributed by atoms with Crippen LogP contribution in [0.4, 0.5) is 4.39 Å². The van der Waals surface area contributed by atoms with Gasteiger partial charge in [-0.15, -0.1) is 11.3 Å². The average molecular weight is 208 g/mol. The molecule has 2 nitrogen and oxygen atoms in total. The predicted molar refractivity (Wildman–Crippen MR) is 55.4 cm³/mol. The molecule has 72 valence electrons. The van der Waals surface area contributed by atoms with Crippen LogP contribution in [0.2, 0.25) is 0 Å². The molecule has 0 bridgehead atoms. The molecule has 2 N–H and O–H groups in total. The van der Waals surface area contributed by atoms with E-state index < -0.39 is 0 Å². The summed E-state index contributed by atoms with van der Waals surface area (Å²) in [7, 11) is 0. The number of hydrogen-bond acceptors (Lipinski definition) is 3. The number of nitrogens with zero attached hydrogens (tertiary/aromatic N) is 1. The minimum Gasteiger partial charge on any atom is -0.325 e. The Bertz CT molecular complexity index is 422. The molecular weight excluding hydrogens is 199 g/mol. The zero-order chi connectivity index (χ0) is 9.97. The first-order valence-corrected chi connectivity index (χ1v) is 5.08. The van der Waals surface area contributed by atoms with Crippen molar-refractivity contribution in [1.82, 2.24) is 4.98 Å². The van der Waals surface area contributed by atoms with Crippen LogP contribution in [0.3, 0.4) is 0 Å². The molecule has 0 aliphatic carbocycles. The van der Waals surface area contributed by atoms with E-state index in [-0.39, 0.29) is 5.82 Å². The summed E-state index contributed by atoms with van der Waals surface area (Å²) in [6.45, 7) is 0.442. The van der Waals surface area contributed by atoms with Crippen LogP contribution in [0, 0.1) is 5.82 Å². The predicted octanol–water partition coefficient (Wildman–Crippen LogP) is 2.41. The lowest BCUT2D eigenvalue weighted by Gasteiger charge is -1.94. The zero-order valence-electron chi connectivity index (χ0n) is 7.40. The molecule has 0 aliphatic rings. The highest BCUT2D eigenvalue weighted by Crippen LogP contribution is 2.23. The molecular formula is C10H9FN2S. The topological polar surface area (TPSA) is 38.9 Å². The van der Waals surface area contributed by atoms with E-state index in [0.29, 0.717) is 6.54 Å². The summed E-state index contributed by atoms with van der Waals surface area (Å²) in [5, 5.41) is 2.80. The van der Waals surface area contributed by atoms with Crippen molar-refractivity contribution in [2.45, 2.75) is 6.54 Å². The fourth-order valence-corrected chi connectivity index (χ4v) is 1.96. The molecule has 0 saturated heterocycles. The zero-order valence-corrected chi connectivity index (χ0v) is 8.22. The number of halogens is 1. The Kier molecular flexibility index (Phi) is 2.56. The first-order valence-electron chi connectivity index (χ1n) is 4.20. The molecule has 1 heterocycles. The fraction of sp³-hybridized carbons (Fsp3) is 0.100. The van der Waals surface area contributed by atoms with Crippen LogP contribution in [0.5, 0.6) is 0 Å². The minimum absolute atomic E-state index is 0.232. The monoisotopic (exact) mass is 208 g/mol. The Hall–Kier alpha value is -1.26. The Labute approximate surface area is 85.2 Å². The Balaban J connectivity index is 2.34. The number of benzene rings is 1. The van der Waals surface area contributed by atoms with E-state index in [4.69, 9.17) is 5.73 Å². The van der Waals surface area contributed by atoms with Gasteiger partial charge in [-0.25, -0.2) is 9.37 Å². The van der Waals surface area contributed by atoms with Crippen LogP contribution in [0.25, 0.3) is 10.6 Å². The third-order valence-electron chi connectivity index (χ3n) is 1.85. The normalized spacial score (nSPS) is 10.4. The molecule has 0 fully saturated rings. The van der Waals surface area contributed by atoms with Crippen molar-refractivity contribution >= 4 is 11.3 Å². The summed E-state index contributed by atoms with van der Waals surface area (Å²) in [6.07, 6.45) is 0. The third kappa shape index (κ3) is 1.81. The van der Waals surface area contributed by atoms with Crippen molar-refractivity contribution in [1.29, 1.82) is 0 Å². The SMILES string of the molecule is NCc1csc(-c2ccc(F)cc2)n1. The van der Waals surface area contributed by atoms with Crippen LogP contribution < -0.4 is 5.73 Å². The van der Waals surface area contributed by atoms with Gasteiger partial charge in [0.1, 0.15) is 10.8 Å². The lowest BCUT2D eigenvalue weighted by Crippen LogP contribution is -1.95. The Morgan fingerprint density at radius 2 is 2.00 bits per heavy atom. The van der Waals surface area contributed by atoms with Crippen molar-refractivity contribution in [2.24, 2.45) is 5.73 Å². The highest BCUT2D eigenvalue weighted by molar-refractivity contribution is 7.13. The van der Waals surface area contributed by atoms with Gasteiger partial charge in [0, 0.05) is 17.5 Å². The van der Waals surface area contributed by atoms with Crippen molar-refractivity contribution in [2.75, 3.05) is 0 Å². The summed E-state index contributed by atoms with van der Waals surface area (Å²) in [5.41, 5.74) is 7.25. The van der Waals surface area contributed by atoms with Crippen LogP contribution in [-0.4, -0.2) is 4.98 Å². The number of thiazole rings is 1. The van der Waals surface area contributed by atoms with Gasteiger partial charge in [0.25, 0.3) is 0 Å². The van der Waals surface area contributed by atoms with E-state index in [1.165, 1.54) is 23.5 Å². The molecule has 0 amide bonds. The second-order valence-corrected chi connectivity index (χ2v) is 3.71. The lowest BCUT2D eigenvalue weighted by molar-refractivity contribution is 0.628. The van der Waals surface area contributed by atoms with Crippen LogP contribution >= 0.6 is 11.3 Å². The van der Waals surface area contributed by atoms with E-state index in [0.717, 1.165) is 16.3 Å². The largest absolute Gasteiger partial charge is 0.325 e. The average Bonchev–Trinajstić information content (AvgIpc) is 2.67. The van der Waals surface area contributed by atoms with Gasteiger partial charge >= 0.3 is 0 Å². The maximum atomic E-state index is 12.6. The number of hydrogen-bond donors (Lipinski definition) is 1. The second kappa shape index (κ2) is 3.86. The Morgan fingerprint density at radius 3 is 2.57 bits per heavy atom. The van der Waals surface area contributed by atoms with Crippen LogP contribution in [-0.2, 0) is 6.54 Å². The molecule has 0 atom stereocenters. The molecule has 0 radical (unpaired) electrons. The summed E-state index contributed by atoms with van der Waals surface area (Å²) in [4.78, 5) is 4.30. The molecule has 2 rings (SSSR count). The molecule has 0 saturated carbocycles. The molecule has 14 heavy (non-hydrogen) atoms. The smallest absolute Gasteiger partial charge is 0.123 e. The molecule has 0 spiro atoms. The first-order chi connectivity index (χ1) is 6.79. The molecule has 4 heteroatoms. The fourth-order valence-electron chi connectivity index (χ4n) is 1.13. The number of nitrogens with two attached hydrogens (primary N) is 1. The standard InChI is InChI=1S/C10H9FN2S/c11-8-3-1-7(2-4-8)10-13-9(5-12)6-14-10/h1-4,6H,5,12H2. The minimum atomic E-state index is -0.232. The van der Waals surface area contributed by atoms with E-state index in [1.54, 1.807) is 12.1 Å². The van der Waals surface area contributed by atoms with Crippen molar-refractivity contribution < 1.29 is 4.39 Å². The highest BCUT2D eigenvalue weighted by atomic mass is 32.1. The molecule has 0 unspecified atom stereocenters. The molecule has 1 aromatic heterocycles. The van der Waals surface area contributed by atoms with Crippen LogP contribution in [0.15, 0.2) is 29.6 Å². The number of rotatable bonds is 2. The molecule has 2 aromatic rings. The Morgan fingerprint density at radius 1 is 1.29 bits per heavy atom. The summed E-state index contributed by atoms with van der Waals surface area (Å²) in [6, 6.07) is 6.29. The maximum absolute atomic E-state index is 12.6. The van der Waals surface area contributed by atoms with Crippen molar-refractivity contribution in [3.05, 3.63) is 41.2 Å². The van der Waals surface area contributed by atoms with Gasteiger partial charge in [-0.3, -0.25) is 0 Å². The lowest BCUT2D eigenvalue weighted by atomic mass is 10.2. The number of aromatic nitrogens is 1. The third-order valence-corrected chi connectivity index (χ3v) is 2.79. The van der Waals surface area contributed by atoms with E-state index >= 15 is 0 Å². The molecule has 1 aromatic carbocycles. The summed E-state index contributed by atoms with van der Waals surface area (Å²) < 4.78 is 12.6. The van der Waals surface area contributed by atoms with Gasteiger partial charge in [0.05, 0.1) is 5.69 Å². The second-order valence-electron chi connectivity index (χ2n) is 2.86. The van der Waals surface area contributed by atoms with Gasteiger partial charge in [-0.2, -0.15) is 0 Å². The maximum Gasteiger partial charge on any atom is 0.123 e. The van der Waals surface area contributed by atoms with Gasteiger partial charge in [0.15, 0.2) is 0 Å². The highest BCUT2D eigenvalue weighted by Gasteiger charge is 2.03. The van der Waals surface area contributed by atoms with Gasteiger partial charge in [-0.1, -0.05) is 0 Å². The van der Waals surface area contributed by atoms with Crippen molar-refractivity contribution in [3.63, 3.8) is 0 Å². The van der Waals surface area contributed by atoms with Gasteiger partial charge in [-0.05, 0) is 24.3 Å². The van der Waals surface area contributed by atoms with E-state index in [9.17, 15) is 4.39 Å². The van der Waals surface area contributed by atoms with E-state index in [1.807, 2.05) is 5.38 Å². The van der Waals surface area contributed by atoms with Gasteiger partial charge in [0.2, 0.25) is 0 Å². The molecule has 0 aliphatic heterocycles. The van der Waals surface area contributed by atoms with E-state index in [2.05, 4.69) is 4.98 Å². The quantitative estimate of drug-likeness (QED) is 0.823. The summed E-state index contributed by atoms with van der Waals surface area (Å²) >= 11 is 1.52. The van der Waals surface area contributed by atoms with Crippen molar-refractivity contribution in [3.8, 4) is 10.6 Å².